The summed E-state index contributed by atoms with van der Waals surface area (Å²) in [5.41, 5.74) is 0.682. The van der Waals surface area contributed by atoms with Crippen LogP contribution in [0.25, 0.3) is 0 Å². The Bertz CT molecular complexity index is 329. The van der Waals surface area contributed by atoms with Gasteiger partial charge in [-0.1, -0.05) is 12.2 Å². The molecule has 1 aliphatic carbocycles. The van der Waals surface area contributed by atoms with Gasteiger partial charge in [-0.2, -0.15) is 10.2 Å². The molecule has 0 N–H and O–H groups in total. The molecular formula is C9H10N2O2. The van der Waals surface area contributed by atoms with E-state index in [0.29, 0.717) is 12.1 Å². The van der Waals surface area contributed by atoms with Gasteiger partial charge in [-0.25, -0.2) is 0 Å². The lowest BCUT2D eigenvalue weighted by molar-refractivity contribution is -0.119. The van der Waals surface area contributed by atoms with Crippen LogP contribution < -0.4 is 0 Å². The molecule has 2 aliphatic rings. The number of hydrogen-bond acceptors (Lipinski definition) is 4. The summed E-state index contributed by atoms with van der Waals surface area (Å²) in [4.78, 5) is 11.4. The maximum absolute atomic E-state index is 11.4. The number of ketones is 1. The van der Waals surface area contributed by atoms with Gasteiger partial charge in [-0.15, -0.1) is 0 Å². The largest absolute Gasteiger partial charge is 0.499 e. The van der Waals surface area contributed by atoms with Gasteiger partial charge in [0.25, 0.3) is 0 Å². The van der Waals surface area contributed by atoms with Crippen LogP contribution in [0.4, 0.5) is 0 Å². The topological polar surface area (TPSA) is 51.0 Å². The van der Waals surface area contributed by atoms with E-state index in [1.54, 1.807) is 7.11 Å². The molecule has 1 unspecified atom stereocenters. The third-order valence-electron chi connectivity index (χ3n) is 2.21. The summed E-state index contributed by atoms with van der Waals surface area (Å²) in [5.74, 6) is 0.626. The second kappa shape index (κ2) is 3.12. The first-order chi connectivity index (χ1) is 6.33. The summed E-state index contributed by atoms with van der Waals surface area (Å²) in [6.07, 6.45) is 4.51. The monoisotopic (exact) mass is 178 g/mol. The van der Waals surface area contributed by atoms with E-state index in [1.807, 2.05) is 12.2 Å². The fourth-order valence-corrected chi connectivity index (χ4v) is 1.53. The Morgan fingerprint density at radius 2 is 2.46 bits per heavy atom. The van der Waals surface area contributed by atoms with Crippen LogP contribution in [0, 0.1) is 5.92 Å². The van der Waals surface area contributed by atoms with Gasteiger partial charge in [0.2, 0.25) is 0 Å². The smallest absolute Gasteiger partial charge is 0.169 e. The van der Waals surface area contributed by atoms with E-state index >= 15 is 0 Å². The van der Waals surface area contributed by atoms with Gasteiger partial charge < -0.3 is 4.74 Å². The van der Waals surface area contributed by atoms with Crippen LogP contribution in [0.3, 0.4) is 0 Å². The minimum absolute atomic E-state index is 0.0931. The van der Waals surface area contributed by atoms with Gasteiger partial charge in [-0.05, 0) is 0 Å². The first kappa shape index (κ1) is 8.16. The summed E-state index contributed by atoms with van der Waals surface area (Å²) in [6, 6.07) is 0. The quantitative estimate of drug-likeness (QED) is 0.570. The molecule has 0 fully saturated rings. The van der Waals surface area contributed by atoms with E-state index < -0.39 is 0 Å². The molecule has 0 amide bonds. The van der Waals surface area contributed by atoms with Crippen molar-refractivity contribution >= 4 is 5.78 Å². The van der Waals surface area contributed by atoms with E-state index in [1.165, 1.54) is 0 Å². The number of nitrogens with zero attached hydrogens (tertiary/aromatic N) is 2. The van der Waals surface area contributed by atoms with E-state index in [9.17, 15) is 4.79 Å². The SMILES string of the molecule is COC1=C2N=NCC(=O)C2C=CC1. The van der Waals surface area contributed by atoms with E-state index in [0.717, 1.165) is 5.76 Å². The van der Waals surface area contributed by atoms with Gasteiger partial charge in [-0.3, -0.25) is 4.79 Å². The van der Waals surface area contributed by atoms with Crippen LogP contribution in [0.1, 0.15) is 6.42 Å². The van der Waals surface area contributed by atoms with Crippen molar-refractivity contribution in [3.05, 3.63) is 23.6 Å². The lowest BCUT2D eigenvalue weighted by atomic mass is 9.93. The molecule has 0 saturated carbocycles. The average molecular weight is 178 g/mol. The highest BCUT2D eigenvalue weighted by molar-refractivity contribution is 5.88. The zero-order valence-corrected chi connectivity index (χ0v) is 7.36. The number of hydrogen-bond donors (Lipinski definition) is 0. The fourth-order valence-electron chi connectivity index (χ4n) is 1.53. The molecule has 1 atom stereocenters. The van der Waals surface area contributed by atoms with E-state index in [2.05, 4.69) is 10.2 Å². The first-order valence-corrected chi connectivity index (χ1v) is 4.17. The predicted octanol–water partition coefficient (Wildman–Crippen LogP) is 1.46. The van der Waals surface area contributed by atoms with Gasteiger partial charge in [0.1, 0.15) is 18.0 Å². The molecular weight excluding hydrogens is 168 g/mol. The molecule has 4 heteroatoms. The normalized spacial score (nSPS) is 26.2. The second-order valence-electron chi connectivity index (χ2n) is 2.99. The summed E-state index contributed by atoms with van der Waals surface area (Å²) in [5, 5.41) is 7.71. The minimum atomic E-state index is -0.221. The Labute approximate surface area is 76.0 Å². The maximum atomic E-state index is 11.4. The number of carbonyl (C=O) groups is 1. The van der Waals surface area contributed by atoms with Crippen molar-refractivity contribution in [2.75, 3.05) is 13.7 Å². The molecule has 1 heterocycles. The number of carbonyl (C=O) groups excluding carboxylic acids is 1. The third-order valence-corrected chi connectivity index (χ3v) is 2.21. The van der Waals surface area contributed by atoms with Crippen molar-refractivity contribution in [2.45, 2.75) is 6.42 Å². The van der Waals surface area contributed by atoms with Crippen LogP contribution in [0.5, 0.6) is 0 Å². The highest BCUT2D eigenvalue weighted by Gasteiger charge is 2.29. The van der Waals surface area contributed by atoms with Crippen LogP contribution in [0.15, 0.2) is 33.8 Å². The number of ether oxygens (including phenoxy) is 1. The molecule has 0 bridgehead atoms. The molecule has 4 nitrogen and oxygen atoms in total. The van der Waals surface area contributed by atoms with Crippen LogP contribution in [-0.2, 0) is 9.53 Å². The Kier molecular flexibility index (Phi) is 1.96. The standard InChI is InChI=1S/C9H10N2O2/c1-13-8-4-2-3-6-7(12)5-10-11-9(6)8/h2-3,6H,4-5H2,1H3. The highest BCUT2D eigenvalue weighted by Crippen LogP contribution is 2.29. The molecule has 68 valence electrons. The molecule has 1 aliphatic heterocycles. The Hall–Kier alpha value is -1.45. The number of azo groups is 1. The van der Waals surface area contributed by atoms with Gasteiger partial charge in [0.15, 0.2) is 5.78 Å². The molecule has 13 heavy (non-hydrogen) atoms. The Balaban J connectivity index is 2.42. The molecule has 0 aromatic rings. The second-order valence-corrected chi connectivity index (χ2v) is 2.99. The fraction of sp³-hybridized carbons (Fsp3) is 0.444. The van der Waals surface area contributed by atoms with E-state index in [-0.39, 0.29) is 18.2 Å². The zero-order chi connectivity index (χ0) is 9.26. The van der Waals surface area contributed by atoms with E-state index in [4.69, 9.17) is 4.74 Å². The number of rotatable bonds is 1. The molecule has 0 aromatic heterocycles. The maximum Gasteiger partial charge on any atom is 0.169 e. The minimum Gasteiger partial charge on any atom is -0.499 e. The zero-order valence-electron chi connectivity index (χ0n) is 7.36. The number of Topliss-reactive ketones (excluding diaryl/α,β-unsaturated/α-hetero) is 1. The average Bonchev–Trinajstić information content (AvgIpc) is 2.18. The first-order valence-electron chi connectivity index (χ1n) is 4.17. The lowest BCUT2D eigenvalue weighted by Crippen LogP contribution is -2.23. The third kappa shape index (κ3) is 1.28. The molecule has 2 rings (SSSR count). The van der Waals surface area contributed by atoms with Crippen molar-refractivity contribution in [2.24, 2.45) is 16.1 Å². The van der Waals surface area contributed by atoms with Gasteiger partial charge in [0, 0.05) is 6.42 Å². The van der Waals surface area contributed by atoms with Gasteiger partial charge >= 0.3 is 0 Å². The van der Waals surface area contributed by atoms with Crippen molar-refractivity contribution in [3.63, 3.8) is 0 Å². The summed E-state index contributed by atoms with van der Waals surface area (Å²) in [7, 11) is 1.59. The molecule has 0 aromatic carbocycles. The number of methoxy groups -OCH3 is 1. The molecule has 0 spiro atoms. The van der Waals surface area contributed by atoms with Crippen molar-refractivity contribution < 1.29 is 9.53 Å². The molecule has 0 saturated heterocycles. The summed E-state index contributed by atoms with van der Waals surface area (Å²) >= 11 is 0. The van der Waals surface area contributed by atoms with Crippen molar-refractivity contribution in [3.8, 4) is 0 Å². The van der Waals surface area contributed by atoms with Crippen molar-refractivity contribution in [1.82, 2.24) is 0 Å². The van der Waals surface area contributed by atoms with Crippen molar-refractivity contribution in [1.29, 1.82) is 0 Å². The Morgan fingerprint density at radius 1 is 1.62 bits per heavy atom. The lowest BCUT2D eigenvalue weighted by Gasteiger charge is -2.20. The van der Waals surface area contributed by atoms with Crippen LogP contribution in [-0.4, -0.2) is 19.4 Å². The highest BCUT2D eigenvalue weighted by atomic mass is 16.5. The Morgan fingerprint density at radius 3 is 3.23 bits per heavy atom. The number of fused-ring (bicyclic) bond motifs is 1. The van der Waals surface area contributed by atoms with Crippen LogP contribution >= 0.6 is 0 Å². The predicted molar refractivity (Wildman–Crippen MR) is 46.0 cm³/mol. The van der Waals surface area contributed by atoms with Crippen LogP contribution in [0.2, 0.25) is 0 Å². The van der Waals surface area contributed by atoms with Gasteiger partial charge in [0.05, 0.1) is 13.0 Å². The summed E-state index contributed by atoms with van der Waals surface area (Å²) < 4.78 is 5.13. The summed E-state index contributed by atoms with van der Waals surface area (Å²) in [6.45, 7) is 0.190. The number of allylic oxidation sites excluding steroid dienone is 2. The molecule has 0 radical (unpaired) electrons.